The third-order valence-electron chi connectivity index (χ3n) is 14.2. The maximum Gasteiger partial charge on any atom is 0.302 e. The van der Waals surface area contributed by atoms with E-state index in [0.29, 0.717) is 23.7 Å². The van der Waals surface area contributed by atoms with E-state index in [2.05, 4.69) is 41.5 Å². The Bertz CT molecular complexity index is 904. The molecule has 0 aromatic carbocycles. The average Bonchev–Trinajstić information content (AvgIpc) is 3.08. The zero-order valence-corrected chi connectivity index (χ0v) is 24.6. The number of esters is 1. The first-order valence-electron chi connectivity index (χ1n) is 15.0. The van der Waals surface area contributed by atoms with Crippen molar-refractivity contribution >= 4 is 5.97 Å². The van der Waals surface area contributed by atoms with Crippen molar-refractivity contribution in [2.45, 2.75) is 138 Å². The number of rotatable bonds is 2. The number of ether oxygens (including phenoxy) is 1. The van der Waals surface area contributed by atoms with Gasteiger partial charge in [0.25, 0.3) is 0 Å². The van der Waals surface area contributed by atoms with Gasteiger partial charge >= 0.3 is 5.97 Å². The van der Waals surface area contributed by atoms with Crippen molar-refractivity contribution < 1.29 is 19.7 Å². The molecule has 0 unspecified atom stereocenters. The lowest BCUT2D eigenvalue weighted by Crippen LogP contribution is -2.70. The van der Waals surface area contributed by atoms with E-state index in [4.69, 9.17) is 4.74 Å². The minimum Gasteiger partial charge on any atom is -0.462 e. The van der Waals surface area contributed by atoms with Gasteiger partial charge in [-0.2, -0.15) is 0 Å². The van der Waals surface area contributed by atoms with Gasteiger partial charge in [0, 0.05) is 17.8 Å². The normalized spacial score (nSPS) is 54.0. The number of aliphatic hydroxyl groups is 2. The highest BCUT2D eigenvalue weighted by Gasteiger charge is 2.73. The van der Waals surface area contributed by atoms with Crippen LogP contribution in [0.1, 0.15) is 120 Å². The standard InChI is InChI=1S/C32H54O4/c1-19(33)36-26-14-16-30(7)22(27(26,2)3)13-17-31(8)23(30)10-11-24-29(6)15-12-20(28(4,5)35)21(29)18-25(34)32(24,31)9/h20-26,34-35H,10-18H2,1-9H3/t20-,21-,22-,23+,24+,25-,26-,29-,30-,31+,32-/m0/s1. The third kappa shape index (κ3) is 3.28. The first kappa shape index (κ1) is 27.0. The average molecular weight is 503 g/mol. The Labute approximate surface area is 220 Å². The van der Waals surface area contributed by atoms with Gasteiger partial charge in [-0.1, -0.05) is 41.5 Å². The van der Waals surface area contributed by atoms with Crippen LogP contribution in [0.5, 0.6) is 0 Å². The molecule has 4 nitrogen and oxygen atoms in total. The minimum absolute atomic E-state index is 0.00144. The number of hydrogen-bond donors (Lipinski definition) is 2. The molecule has 0 amide bonds. The minimum atomic E-state index is -0.686. The van der Waals surface area contributed by atoms with Crippen molar-refractivity contribution in [2.75, 3.05) is 0 Å². The highest BCUT2D eigenvalue weighted by molar-refractivity contribution is 5.66. The van der Waals surface area contributed by atoms with Crippen LogP contribution in [-0.4, -0.2) is 34.0 Å². The van der Waals surface area contributed by atoms with Gasteiger partial charge in [0.15, 0.2) is 0 Å². The topological polar surface area (TPSA) is 66.8 Å². The Morgan fingerprint density at radius 3 is 2.06 bits per heavy atom. The summed E-state index contributed by atoms with van der Waals surface area (Å²) in [6.07, 6.45) is 9.55. The molecule has 5 aliphatic rings. The molecule has 206 valence electrons. The second-order valence-electron chi connectivity index (χ2n) is 16.1. The number of fused-ring (bicyclic) bond motifs is 7. The molecular weight excluding hydrogens is 448 g/mol. The molecule has 0 aliphatic heterocycles. The predicted molar refractivity (Wildman–Crippen MR) is 143 cm³/mol. The molecule has 36 heavy (non-hydrogen) atoms. The smallest absolute Gasteiger partial charge is 0.302 e. The lowest BCUT2D eigenvalue weighted by molar-refractivity contribution is -0.282. The number of carbonyl (C=O) groups excluding carboxylic acids is 1. The highest BCUT2D eigenvalue weighted by Crippen LogP contribution is 2.78. The summed E-state index contributed by atoms with van der Waals surface area (Å²) < 4.78 is 5.88. The van der Waals surface area contributed by atoms with Crippen molar-refractivity contribution in [1.29, 1.82) is 0 Å². The van der Waals surface area contributed by atoms with Gasteiger partial charge in [0.05, 0.1) is 11.7 Å². The van der Waals surface area contributed by atoms with Crippen molar-refractivity contribution in [2.24, 2.45) is 56.7 Å². The second-order valence-corrected chi connectivity index (χ2v) is 16.1. The lowest BCUT2D eigenvalue weighted by Gasteiger charge is -2.74. The van der Waals surface area contributed by atoms with Crippen LogP contribution in [0.15, 0.2) is 0 Å². The maximum atomic E-state index is 12.1. The van der Waals surface area contributed by atoms with E-state index in [1.54, 1.807) is 6.92 Å². The van der Waals surface area contributed by atoms with Crippen LogP contribution < -0.4 is 0 Å². The van der Waals surface area contributed by atoms with E-state index < -0.39 is 5.60 Å². The molecule has 5 rings (SSSR count). The Balaban J connectivity index is 1.51. The van der Waals surface area contributed by atoms with Gasteiger partial charge in [0.2, 0.25) is 0 Å². The summed E-state index contributed by atoms with van der Waals surface area (Å²) in [5, 5.41) is 23.1. The van der Waals surface area contributed by atoms with Crippen LogP contribution in [-0.2, 0) is 9.53 Å². The molecular formula is C32H54O4. The first-order chi connectivity index (χ1) is 16.4. The Morgan fingerprint density at radius 1 is 0.833 bits per heavy atom. The van der Waals surface area contributed by atoms with Crippen molar-refractivity contribution in [3.8, 4) is 0 Å². The van der Waals surface area contributed by atoms with E-state index in [-0.39, 0.29) is 51.2 Å². The molecule has 0 aromatic rings. The molecule has 0 spiro atoms. The quantitative estimate of drug-likeness (QED) is 0.409. The van der Waals surface area contributed by atoms with E-state index in [1.807, 2.05) is 13.8 Å². The van der Waals surface area contributed by atoms with Gasteiger partial charge in [-0.05, 0) is 117 Å². The van der Waals surface area contributed by atoms with Crippen LogP contribution >= 0.6 is 0 Å². The van der Waals surface area contributed by atoms with Crippen molar-refractivity contribution in [3.05, 3.63) is 0 Å². The van der Waals surface area contributed by atoms with E-state index >= 15 is 0 Å². The summed E-state index contributed by atoms with van der Waals surface area (Å²) in [4.78, 5) is 11.9. The summed E-state index contributed by atoms with van der Waals surface area (Å²) in [7, 11) is 0. The molecule has 5 fully saturated rings. The Hall–Kier alpha value is -0.610. The molecule has 5 aliphatic carbocycles. The fraction of sp³-hybridized carbons (Fsp3) is 0.969. The largest absolute Gasteiger partial charge is 0.462 e. The third-order valence-corrected chi connectivity index (χ3v) is 14.2. The van der Waals surface area contributed by atoms with Crippen LogP contribution in [0, 0.1) is 56.7 Å². The van der Waals surface area contributed by atoms with E-state index in [0.717, 1.165) is 38.5 Å². The van der Waals surface area contributed by atoms with E-state index in [1.165, 1.54) is 19.3 Å². The van der Waals surface area contributed by atoms with Gasteiger partial charge in [0.1, 0.15) is 6.10 Å². The summed E-state index contributed by atoms with van der Waals surface area (Å²) in [6, 6.07) is 0. The van der Waals surface area contributed by atoms with Crippen LogP contribution in [0.4, 0.5) is 0 Å². The molecule has 11 atom stereocenters. The van der Waals surface area contributed by atoms with Crippen molar-refractivity contribution in [1.82, 2.24) is 0 Å². The molecule has 0 aromatic heterocycles. The Kier molecular flexibility index (Phi) is 5.97. The van der Waals surface area contributed by atoms with Crippen LogP contribution in [0.2, 0.25) is 0 Å². The number of aliphatic hydroxyl groups excluding tert-OH is 1. The molecule has 0 saturated heterocycles. The highest BCUT2D eigenvalue weighted by atomic mass is 16.5. The molecule has 0 bridgehead atoms. The number of carbonyl (C=O) groups is 1. The first-order valence-corrected chi connectivity index (χ1v) is 15.0. The fourth-order valence-corrected chi connectivity index (χ4v) is 12.4. The van der Waals surface area contributed by atoms with E-state index in [9.17, 15) is 15.0 Å². The summed E-state index contributed by atoms with van der Waals surface area (Å²) in [5.74, 6) is 2.12. The molecule has 0 heterocycles. The summed E-state index contributed by atoms with van der Waals surface area (Å²) in [6.45, 7) is 20.3. The summed E-state index contributed by atoms with van der Waals surface area (Å²) in [5.41, 5.74) is -0.354. The molecule has 4 heteroatoms. The zero-order valence-electron chi connectivity index (χ0n) is 24.6. The second kappa shape index (κ2) is 7.96. The van der Waals surface area contributed by atoms with Crippen LogP contribution in [0.3, 0.4) is 0 Å². The van der Waals surface area contributed by atoms with Gasteiger partial charge < -0.3 is 14.9 Å². The van der Waals surface area contributed by atoms with Crippen LogP contribution in [0.25, 0.3) is 0 Å². The number of hydrogen-bond acceptors (Lipinski definition) is 4. The maximum absolute atomic E-state index is 12.1. The molecule has 5 saturated carbocycles. The summed E-state index contributed by atoms with van der Waals surface area (Å²) >= 11 is 0. The van der Waals surface area contributed by atoms with Crippen molar-refractivity contribution in [3.63, 3.8) is 0 Å². The van der Waals surface area contributed by atoms with Gasteiger partial charge in [-0.15, -0.1) is 0 Å². The monoisotopic (exact) mass is 502 g/mol. The zero-order chi connectivity index (χ0) is 26.7. The van der Waals surface area contributed by atoms with Gasteiger partial charge in [-0.25, -0.2) is 0 Å². The van der Waals surface area contributed by atoms with Gasteiger partial charge in [-0.3, -0.25) is 4.79 Å². The Morgan fingerprint density at radius 2 is 1.44 bits per heavy atom. The lowest BCUT2D eigenvalue weighted by atomic mass is 9.31. The fourth-order valence-electron chi connectivity index (χ4n) is 12.4. The molecule has 2 N–H and O–H groups in total. The SMILES string of the molecule is CC(=O)O[C@H]1CC[C@]2(C)[C@H]3CC[C@@H]4[C@@]5(C)CC[C@H](C(C)(C)O)[C@@H]5C[C@H](O)[C@@]4(C)[C@]3(C)CC[C@H]2C1(C)C. The molecule has 0 radical (unpaired) electrons. The predicted octanol–water partition coefficient (Wildman–Crippen LogP) is 6.76.